The molecule has 0 aliphatic carbocycles. The van der Waals surface area contributed by atoms with E-state index in [1.165, 1.54) is 6.20 Å². The maximum atomic E-state index is 12.5. The zero-order valence-corrected chi connectivity index (χ0v) is 16.2. The number of carbonyl (C=O) groups excluding carboxylic acids is 1. The van der Waals surface area contributed by atoms with Crippen LogP contribution < -0.4 is 0 Å². The number of hydrogen-bond acceptors (Lipinski definition) is 6. The molecule has 0 radical (unpaired) electrons. The van der Waals surface area contributed by atoms with E-state index < -0.39 is 5.97 Å². The largest absolute Gasteiger partial charge is 0.462 e. The highest BCUT2D eigenvalue weighted by molar-refractivity contribution is 9.10. The topological polar surface area (TPSA) is 82.8 Å². The Kier molecular flexibility index (Phi) is 5.83. The van der Waals surface area contributed by atoms with Gasteiger partial charge in [-0.05, 0) is 36.7 Å². The van der Waals surface area contributed by atoms with Gasteiger partial charge >= 0.3 is 5.97 Å². The third-order valence-electron chi connectivity index (χ3n) is 4.51. The van der Waals surface area contributed by atoms with E-state index in [4.69, 9.17) is 9.47 Å². The van der Waals surface area contributed by atoms with E-state index in [-0.39, 0.29) is 24.3 Å². The van der Waals surface area contributed by atoms with Crippen molar-refractivity contribution in [2.75, 3.05) is 19.8 Å². The second-order valence-corrected chi connectivity index (χ2v) is 7.15. The van der Waals surface area contributed by atoms with Crippen molar-refractivity contribution in [1.82, 2.24) is 9.78 Å². The maximum Gasteiger partial charge on any atom is 0.341 e. The number of ether oxygens (including phenoxy) is 2. The number of aromatic nitrogens is 2. The standard InChI is InChI=1S/C18H20BrN3O4/c1-3-26-18(23)14-9-20-22(16-6-7-25-10-11(16)2)17(14)13-5-4-12(19)8-15(13)21-24/h4-5,8-9,11,16H,3,6-7,10H2,1-2H3. The highest BCUT2D eigenvalue weighted by atomic mass is 79.9. The van der Waals surface area contributed by atoms with Crippen LogP contribution in [0.15, 0.2) is 34.0 Å². The predicted molar refractivity (Wildman–Crippen MR) is 100 cm³/mol. The van der Waals surface area contributed by atoms with Gasteiger partial charge in [0.2, 0.25) is 0 Å². The van der Waals surface area contributed by atoms with Gasteiger partial charge in [-0.15, -0.1) is 4.91 Å². The summed E-state index contributed by atoms with van der Waals surface area (Å²) in [5.41, 5.74) is 1.69. The normalized spacial score (nSPS) is 20.0. The lowest BCUT2D eigenvalue weighted by molar-refractivity contribution is 0.0255. The summed E-state index contributed by atoms with van der Waals surface area (Å²) in [4.78, 5) is 23.9. The second kappa shape index (κ2) is 8.09. The summed E-state index contributed by atoms with van der Waals surface area (Å²) in [5, 5.41) is 7.61. The summed E-state index contributed by atoms with van der Waals surface area (Å²) in [6, 6.07) is 5.26. The van der Waals surface area contributed by atoms with Gasteiger partial charge in [-0.1, -0.05) is 22.9 Å². The van der Waals surface area contributed by atoms with Gasteiger partial charge in [-0.2, -0.15) is 5.10 Å². The molecule has 2 unspecified atom stereocenters. The number of nitroso groups, excluding NO2 is 1. The van der Waals surface area contributed by atoms with Gasteiger partial charge < -0.3 is 9.47 Å². The molecule has 1 saturated heterocycles. The maximum absolute atomic E-state index is 12.5. The molecule has 0 saturated carbocycles. The third-order valence-corrected chi connectivity index (χ3v) is 5.01. The number of benzene rings is 1. The lowest BCUT2D eigenvalue weighted by atomic mass is 9.96. The number of carbonyl (C=O) groups is 1. The fourth-order valence-corrected chi connectivity index (χ4v) is 3.60. The van der Waals surface area contributed by atoms with Crippen molar-refractivity contribution in [3.05, 3.63) is 39.3 Å². The first-order valence-electron chi connectivity index (χ1n) is 8.52. The Balaban J connectivity index is 2.18. The van der Waals surface area contributed by atoms with Crippen LogP contribution in [0.5, 0.6) is 0 Å². The van der Waals surface area contributed by atoms with Crippen molar-refractivity contribution >= 4 is 27.6 Å². The SMILES string of the molecule is CCOC(=O)c1cnn(C2CCOCC2C)c1-c1ccc(Br)cc1N=O. The Morgan fingerprint density at radius 1 is 1.50 bits per heavy atom. The fourth-order valence-electron chi connectivity index (χ4n) is 3.25. The van der Waals surface area contributed by atoms with Gasteiger partial charge in [0.1, 0.15) is 11.3 Å². The molecule has 26 heavy (non-hydrogen) atoms. The molecule has 8 heteroatoms. The number of hydrogen-bond donors (Lipinski definition) is 0. The molecule has 1 fully saturated rings. The molecular weight excluding hydrogens is 402 g/mol. The van der Waals surface area contributed by atoms with Crippen molar-refractivity contribution < 1.29 is 14.3 Å². The zero-order valence-electron chi connectivity index (χ0n) is 14.6. The lowest BCUT2D eigenvalue weighted by Gasteiger charge is -2.30. The van der Waals surface area contributed by atoms with Crippen LogP contribution in [0.25, 0.3) is 11.3 Å². The summed E-state index contributed by atoms with van der Waals surface area (Å²) >= 11 is 3.35. The molecular formula is C18H20BrN3O4. The van der Waals surface area contributed by atoms with Crippen molar-refractivity contribution in [3.8, 4) is 11.3 Å². The van der Waals surface area contributed by atoms with Gasteiger partial charge in [0.15, 0.2) is 0 Å². The molecule has 2 aromatic rings. The van der Waals surface area contributed by atoms with Crippen LogP contribution in [0.1, 0.15) is 36.7 Å². The smallest absolute Gasteiger partial charge is 0.341 e. The quantitative estimate of drug-likeness (QED) is 0.524. The van der Waals surface area contributed by atoms with Crippen molar-refractivity contribution in [1.29, 1.82) is 0 Å². The Morgan fingerprint density at radius 2 is 2.31 bits per heavy atom. The van der Waals surface area contributed by atoms with Gasteiger partial charge in [-0.3, -0.25) is 4.68 Å². The monoisotopic (exact) mass is 421 g/mol. The average molecular weight is 422 g/mol. The lowest BCUT2D eigenvalue weighted by Crippen LogP contribution is -2.29. The molecule has 1 aliphatic heterocycles. The van der Waals surface area contributed by atoms with Crippen LogP contribution >= 0.6 is 15.9 Å². The van der Waals surface area contributed by atoms with Crippen molar-refractivity contribution in [2.24, 2.45) is 11.1 Å². The molecule has 0 amide bonds. The average Bonchev–Trinajstić information content (AvgIpc) is 3.07. The number of halogens is 1. The summed E-state index contributed by atoms with van der Waals surface area (Å²) in [6.45, 7) is 5.34. The Labute approximate surface area is 159 Å². The first-order chi connectivity index (χ1) is 12.6. The fraction of sp³-hybridized carbons (Fsp3) is 0.444. The Bertz CT molecular complexity index is 821. The van der Waals surface area contributed by atoms with Gasteiger partial charge in [0, 0.05) is 22.6 Å². The minimum atomic E-state index is -0.465. The highest BCUT2D eigenvalue weighted by Crippen LogP contribution is 2.38. The van der Waals surface area contributed by atoms with Crippen LogP contribution in [-0.4, -0.2) is 35.6 Å². The van der Waals surface area contributed by atoms with E-state index in [1.807, 2.05) is 10.7 Å². The Hall–Kier alpha value is -2.06. The van der Waals surface area contributed by atoms with Crippen LogP contribution in [-0.2, 0) is 9.47 Å². The Morgan fingerprint density at radius 3 is 3.00 bits per heavy atom. The number of nitrogens with zero attached hydrogens (tertiary/aromatic N) is 3. The molecule has 1 aromatic carbocycles. The van der Waals surface area contributed by atoms with E-state index in [1.54, 1.807) is 19.1 Å². The molecule has 1 aliphatic rings. The third kappa shape index (κ3) is 3.57. The van der Waals surface area contributed by atoms with Crippen LogP contribution in [0.4, 0.5) is 5.69 Å². The summed E-state index contributed by atoms with van der Waals surface area (Å²) in [7, 11) is 0. The minimum Gasteiger partial charge on any atom is -0.462 e. The van der Waals surface area contributed by atoms with Gasteiger partial charge in [-0.25, -0.2) is 4.79 Å². The minimum absolute atomic E-state index is 0.0603. The van der Waals surface area contributed by atoms with E-state index in [9.17, 15) is 9.70 Å². The number of rotatable bonds is 5. The molecule has 2 atom stereocenters. The summed E-state index contributed by atoms with van der Waals surface area (Å²) in [6.07, 6.45) is 2.28. The molecule has 2 heterocycles. The zero-order chi connectivity index (χ0) is 18.7. The highest BCUT2D eigenvalue weighted by Gasteiger charge is 2.30. The van der Waals surface area contributed by atoms with E-state index >= 15 is 0 Å². The first-order valence-corrected chi connectivity index (χ1v) is 9.31. The van der Waals surface area contributed by atoms with Gasteiger partial charge in [0.05, 0.1) is 31.1 Å². The van der Waals surface area contributed by atoms with Crippen LogP contribution in [0.2, 0.25) is 0 Å². The molecule has 0 N–H and O–H groups in total. The van der Waals surface area contributed by atoms with Crippen molar-refractivity contribution in [2.45, 2.75) is 26.3 Å². The van der Waals surface area contributed by atoms with E-state index in [0.29, 0.717) is 30.0 Å². The van der Waals surface area contributed by atoms with Gasteiger partial charge in [0.25, 0.3) is 0 Å². The molecule has 0 bridgehead atoms. The molecule has 3 rings (SSSR count). The summed E-state index contributed by atoms with van der Waals surface area (Å²) in [5.74, 6) is -0.242. The first kappa shape index (κ1) is 18.7. The van der Waals surface area contributed by atoms with Crippen molar-refractivity contribution in [3.63, 3.8) is 0 Å². The second-order valence-electron chi connectivity index (χ2n) is 6.23. The molecule has 0 spiro atoms. The van der Waals surface area contributed by atoms with E-state index in [2.05, 4.69) is 33.1 Å². The predicted octanol–water partition coefficient (Wildman–Crippen LogP) is 4.48. The van der Waals surface area contributed by atoms with E-state index in [0.717, 1.165) is 10.9 Å². The van der Waals surface area contributed by atoms with Crippen LogP contribution in [0.3, 0.4) is 0 Å². The molecule has 7 nitrogen and oxygen atoms in total. The number of esters is 1. The molecule has 1 aromatic heterocycles. The van der Waals surface area contributed by atoms with Crippen LogP contribution in [0, 0.1) is 10.8 Å². The summed E-state index contributed by atoms with van der Waals surface area (Å²) < 4.78 is 13.3. The molecule has 138 valence electrons.